The summed E-state index contributed by atoms with van der Waals surface area (Å²) in [5, 5.41) is 0. The lowest BCUT2D eigenvalue weighted by molar-refractivity contribution is 0.576. The van der Waals surface area contributed by atoms with Crippen LogP contribution < -0.4 is 0 Å². The second-order valence-corrected chi connectivity index (χ2v) is 5.62. The molecular formula is C12H16N2S. The standard InChI is InChI=1S/C12H16N2S/c1-5-8-6-13-11(12(2,3)4)10-9(8)14-7-15-10/h6-7H,5H2,1-4H3. The molecule has 0 fully saturated rings. The van der Waals surface area contributed by atoms with E-state index in [1.54, 1.807) is 11.3 Å². The topological polar surface area (TPSA) is 25.8 Å². The van der Waals surface area contributed by atoms with Crippen molar-refractivity contribution in [1.29, 1.82) is 0 Å². The summed E-state index contributed by atoms with van der Waals surface area (Å²) in [5.74, 6) is 0. The zero-order valence-corrected chi connectivity index (χ0v) is 10.5. The molecule has 80 valence electrons. The number of hydrogen-bond donors (Lipinski definition) is 0. The Hall–Kier alpha value is -0.960. The van der Waals surface area contributed by atoms with E-state index in [4.69, 9.17) is 0 Å². The molecule has 0 unspecified atom stereocenters. The van der Waals surface area contributed by atoms with Crippen LogP contribution in [0, 0.1) is 0 Å². The maximum atomic E-state index is 4.59. The Bertz CT molecular complexity index is 480. The molecule has 0 saturated heterocycles. The van der Waals surface area contributed by atoms with Gasteiger partial charge in [0.15, 0.2) is 0 Å². The number of fused-ring (bicyclic) bond motifs is 1. The molecule has 2 aromatic rings. The first-order chi connectivity index (χ1) is 7.04. The summed E-state index contributed by atoms with van der Waals surface area (Å²) in [6.07, 6.45) is 2.97. The number of nitrogens with zero attached hydrogens (tertiary/aromatic N) is 2. The minimum Gasteiger partial charge on any atom is -0.259 e. The maximum absolute atomic E-state index is 4.59. The highest BCUT2D eigenvalue weighted by molar-refractivity contribution is 7.17. The van der Waals surface area contributed by atoms with E-state index in [9.17, 15) is 0 Å². The van der Waals surface area contributed by atoms with Gasteiger partial charge < -0.3 is 0 Å². The van der Waals surface area contributed by atoms with Crippen molar-refractivity contribution in [3.05, 3.63) is 23.0 Å². The lowest BCUT2D eigenvalue weighted by Gasteiger charge is -2.18. The first-order valence-corrected chi connectivity index (χ1v) is 6.13. The smallest absolute Gasteiger partial charge is 0.0878 e. The minimum absolute atomic E-state index is 0.0943. The lowest BCUT2D eigenvalue weighted by Crippen LogP contribution is -2.13. The van der Waals surface area contributed by atoms with E-state index < -0.39 is 0 Å². The van der Waals surface area contributed by atoms with Crippen molar-refractivity contribution in [3.8, 4) is 0 Å². The third-order valence-electron chi connectivity index (χ3n) is 2.53. The van der Waals surface area contributed by atoms with Gasteiger partial charge in [0, 0.05) is 11.6 Å². The van der Waals surface area contributed by atoms with Crippen LogP contribution in [-0.2, 0) is 11.8 Å². The van der Waals surface area contributed by atoms with E-state index >= 15 is 0 Å². The third-order valence-corrected chi connectivity index (χ3v) is 3.36. The Labute approximate surface area is 94.4 Å². The highest BCUT2D eigenvalue weighted by atomic mass is 32.1. The highest BCUT2D eigenvalue weighted by Crippen LogP contribution is 2.31. The number of rotatable bonds is 1. The molecule has 0 bridgehead atoms. The molecular weight excluding hydrogens is 204 g/mol. The molecule has 0 aromatic carbocycles. The number of thiazole rings is 1. The fourth-order valence-electron chi connectivity index (χ4n) is 1.70. The van der Waals surface area contributed by atoms with Gasteiger partial charge >= 0.3 is 0 Å². The molecule has 2 rings (SSSR count). The van der Waals surface area contributed by atoms with Gasteiger partial charge in [0.1, 0.15) is 0 Å². The van der Waals surface area contributed by atoms with Crippen molar-refractivity contribution < 1.29 is 0 Å². The summed E-state index contributed by atoms with van der Waals surface area (Å²) in [4.78, 5) is 9.03. The van der Waals surface area contributed by atoms with Gasteiger partial charge in [-0.2, -0.15) is 0 Å². The normalized spacial score (nSPS) is 12.3. The quantitative estimate of drug-likeness (QED) is 0.734. The Morgan fingerprint density at radius 2 is 2.00 bits per heavy atom. The number of aryl methyl sites for hydroxylation is 1. The van der Waals surface area contributed by atoms with Crippen LogP contribution in [0.15, 0.2) is 11.7 Å². The summed E-state index contributed by atoms with van der Waals surface area (Å²) in [7, 11) is 0. The molecule has 0 aliphatic carbocycles. The van der Waals surface area contributed by atoms with Gasteiger partial charge in [-0.1, -0.05) is 27.7 Å². The molecule has 0 saturated carbocycles. The first kappa shape index (κ1) is 10.6. The Balaban J connectivity index is 2.74. The van der Waals surface area contributed by atoms with Crippen molar-refractivity contribution in [3.63, 3.8) is 0 Å². The molecule has 0 aliphatic heterocycles. The van der Waals surface area contributed by atoms with E-state index in [0.29, 0.717) is 0 Å². The van der Waals surface area contributed by atoms with Gasteiger partial charge in [0.05, 0.1) is 21.4 Å². The lowest BCUT2D eigenvalue weighted by atomic mass is 9.91. The van der Waals surface area contributed by atoms with E-state index in [1.165, 1.54) is 10.3 Å². The largest absolute Gasteiger partial charge is 0.259 e. The van der Waals surface area contributed by atoms with Gasteiger partial charge in [-0.15, -0.1) is 11.3 Å². The van der Waals surface area contributed by atoms with Gasteiger partial charge in [-0.25, -0.2) is 4.98 Å². The third kappa shape index (κ3) is 1.76. The molecule has 15 heavy (non-hydrogen) atoms. The van der Waals surface area contributed by atoms with Crippen LogP contribution in [0.4, 0.5) is 0 Å². The van der Waals surface area contributed by atoms with Crippen LogP contribution in [0.1, 0.15) is 39.0 Å². The summed E-state index contributed by atoms with van der Waals surface area (Å²) in [6.45, 7) is 8.73. The molecule has 2 heterocycles. The Morgan fingerprint density at radius 1 is 1.27 bits per heavy atom. The Kier molecular flexibility index (Phi) is 2.51. The van der Waals surface area contributed by atoms with Crippen molar-refractivity contribution in [2.75, 3.05) is 0 Å². The number of hydrogen-bond acceptors (Lipinski definition) is 3. The number of pyridine rings is 1. The molecule has 0 radical (unpaired) electrons. The highest BCUT2D eigenvalue weighted by Gasteiger charge is 2.20. The fourth-order valence-corrected chi connectivity index (χ4v) is 2.73. The van der Waals surface area contributed by atoms with Gasteiger partial charge in [0.2, 0.25) is 0 Å². The SMILES string of the molecule is CCc1cnc(C(C)(C)C)c2scnc12. The van der Waals surface area contributed by atoms with Crippen LogP contribution in [0.3, 0.4) is 0 Å². The van der Waals surface area contributed by atoms with E-state index in [1.807, 2.05) is 11.7 Å². The Morgan fingerprint density at radius 3 is 2.60 bits per heavy atom. The van der Waals surface area contributed by atoms with Crippen LogP contribution in [-0.4, -0.2) is 9.97 Å². The number of aromatic nitrogens is 2. The maximum Gasteiger partial charge on any atom is 0.0878 e. The second kappa shape index (κ2) is 3.56. The van der Waals surface area contributed by atoms with Crippen molar-refractivity contribution in [1.82, 2.24) is 9.97 Å². The first-order valence-electron chi connectivity index (χ1n) is 5.25. The molecule has 0 atom stereocenters. The predicted molar refractivity (Wildman–Crippen MR) is 65.5 cm³/mol. The molecule has 0 amide bonds. The van der Waals surface area contributed by atoms with Crippen molar-refractivity contribution >= 4 is 21.6 Å². The van der Waals surface area contributed by atoms with E-state index in [-0.39, 0.29) is 5.41 Å². The molecule has 2 nitrogen and oxygen atoms in total. The van der Waals surface area contributed by atoms with Gasteiger partial charge in [-0.05, 0) is 12.0 Å². The molecule has 0 aliphatic rings. The zero-order valence-electron chi connectivity index (χ0n) is 9.66. The summed E-state index contributed by atoms with van der Waals surface area (Å²) >= 11 is 1.70. The van der Waals surface area contributed by atoms with E-state index in [0.717, 1.165) is 17.6 Å². The van der Waals surface area contributed by atoms with Crippen LogP contribution >= 0.6 is 11.3 Å². The average molecular weight is 220 g/mol. The molecule has 3 heteroatoms. The van der Waals surface area contributed by atoms with E-state index in [2.05, 4.69) is 37.7 Å². The molecule has 0 N–H and O–H groups in total. The van der Waals surface area contributed by atoms with Gasteiger partial charge in [0.25, 0.3) is 0 Å². The predicted octanol–water partition coefficient (Wildman–Crippen LogP) is 3.55. The van der Waals surface area contributed by atoms with Crippen LogP contribution in [0.5, 0.6) is 0 Å². The second-order valence-electron chi connectivity index (χ2n) is 4.77. The fraction of sp³-hybridized carbons (Fsp3) is 0.500. The van der Waals surface area contributed by atoms with Crippen molar-refractivity contribution in [2.45, 2.75) is 39.5 Å². The van der Waals surface area contributed by atoms with Gasteiger partial charge in [-0.3, -0.25) is 4.98 Å². The monoisotopic (exact) mass is 220 g/mol. The average Bonchev–Trinajstić information content (AvgIpc) is 2.62. The summed E-state index contributed by atoms with van der Waals surface area (Å²) in [6, 6.07) is 0. The van der Waals surface area contributed by atoms with Crippen LogP contribution in [0.2, 0.25) is 0 Å². The summed E-state index contributed by atoms with van der Waals surface area (Å²) in [5.41, 5.74) is 5.57. The zero-order chi connectivity index (χ0) is 11.1. The molecule has 2 aromatic heterocycles. The summed E-state index contributed by atoms with van der Waals surface area (Å²) < 4.78 is 1.25. The van der Waals surface area contributed by atoms with Crippen LogP contribution in [0.25, 0.3) is 10.2 Å². The molecule has 0 spiro atoms. The van der Waals surface area contributed by atoms with Crippen molar-refractivity contribution in [2.24, 2.45) is 0 Å². The minimum atomic E-state index is 0.0943.